The number of carbonyl (C=O) groups is 1. The molecule has 3 aliphatic rings. The molecule has 1 aromatic rings. The van der Waals surface area contributed by atoms with Crippen molar-refractivity contribution in [2.24, 2.45) is 17.8 Å². The van der Waals surface area contributed by atoms with E-state index in [1.54, 1.807) is 17.5 Å². The molecule has 4 rings (SSSR count). The molecule has 130 valence electrons. The molecule has 4 heterocycles. The van der Waals surface area contributed by atoms with Gasteiger partial charge in [0, 0.05) is 44.4 Å². The van der Waals surface area contributed by atoms with Crippen LogP contribution in [0.2, 0.25) is 0 Å². The van der Waals surface area contributed by atoms with Gasteiger partial charge in [-0.25, -0.2) is 15.0 Å². The highest BCUT2D eigenvalue weighted by Gasteiger charge is 2.42. The molecule has 0 radical (unpaired) electrons. The Balaban J connectivity index is 1.40. The van der Waals surface area contributed by atoms with Crippen molar-refractivity contribution in [2.75, 3.05) is 44.4 Å². The number of hydroxylamine groups is 2. The van der Waals surface area contributed by atoms with Crippen LogP contribution in [0.3, 0.4) is 0 Å². The maximum absolute atomic E-state index is 12.5. The van der Waals surface area contributed by atoms with E-state index in [4.69, 9.17) is 9.57 Å². The van der Waals surface area contributed by atoms with Crippen molar-refractivity contribution in [3.05, 3.63) is 18.5 Å². The van der Waals surface area contributed by atoms with Crippen molar-refractivity contribution in [1.29, 1.82) is 0 Å². The van der Waals surface area contributed by atoms with E-state index in [-0.39, 0.29) is 11.8 Å². The molecular formula is C17H24N4O3. The van der Waals surface area contributed by atoms with Crippen LogP contribution in [0.15, 0.2) is 18.5 Å². The Morgan fingerprint density at radius 2 is 2.08 bits per heavy atom. The van der Waals surface area contributed by atoms with Crippen molar-refractivity contribution >= 4 is 11.9 Å². The molecule has 1 aromatic heterocycles. The van der Waals surface area contributed by atoms with Gasteiger partial charge >= 0.3 is 0 Å². The van der Waals surface area contributed by atoms with Gasteiger partial charge in [0.1, 0.15) is 0 Å². The van der Waals surface area contributed by atoms with Gasteiger partial charge in [0.2, 0.25) is 11.9 Å². The topological polar surface area (TPSA) is 67.8 Å². The smallest absolute Gasteiger partial charge is 0.246 e. The highest BCUT2D eigenvalue weighted by molar-refractivity contribution is 5.75. The van der Waals surface area contributed by atoms with Crippen LogP contribution >= 0.6 is 0 Å². The number of ether oxygens (including phenoxy) is 1. The molecule has 7 heteroatoms. The van der Waals surface area contributed by atoms with E-state index in [1.165, 1.54) is 0 Å². The van der Waals surface area contributed by atoms with Gasteiger partial charge in [-0.1, -0.05) is 0 Å². The minimum Gasteiger partial charge on any atom is -0.381 e. The van der Waals surface area contributed by atoms with Crippen molar-refractivity contribution in [3.63, 3.8) is 0 Å². The molecule has 3 atom stereocenters. The van der Waals surface area contributed by atoms with Crippen LogP contribution in [-0.2, 0) is 14.4 Å². The van der Waals surface area contributed by atoms with Crippen LogP contribution in [0, 0.1) is 17.8 Å². The van der Waals surface area contributed by atoms with E-state index in [2.05, 4.69) is 14.9 Å². The van der Waals surface area contributed by atoms with Crippen LogP contribution in [0.5, 0.6) is 0 Å². The van der Waals surface area contributed by atoms with Crippen LogP contribution in [0.4, 0.5) is 5.95 Å². The highest BCUT2D eigenvalue weighted by atomic mass is 16.7. The first kappa shape index (κ1) is 15.8. The lowest BCUT2D eigenvalue weighted by Gasteiger charge is -2.34. The van der Waals surface area contributed by atoms with Crippen LogP contribution in [-0.4, -0.2) is 60.4 Å². The lowest BCUT2D eigenvalue weighted by molar-refractivity contribution is -0.199. The predicted octanol–water partition coefficient (Wildman–Crippen LogP) is 1.12. The zero-order chi connectivity index (χ0) is 16.4. The number of anilines is 1. The van der Waals surface area contributed by atoms with Gasteiger partial charge in [-0.2, -0.15) is 0 Å². The lowest BCUT2D eigenvalue weighted by atomic mass is 9.81. The quantitative estimate of drug-likeness (QED) is 0.826. The molecule has 1 amide bonds. The minimum atomic E-state index is 0.0957. The third kappa shape index (κ3) is 3.23. The Morgan fingerprint density at radius 3 is 2.88 bits per heavy atom. The number of fused-ring (bicyclic) bond motifs is 1. The van der Waals surface area contributed by atoms with E-state index < -0.39 is 0 Å². The molecule has 0 N–H and O–H groups in total. The first-order valence-electron chi connectivity index (χ1n) is 8.84. The second kappa shape index (κ2) is 7.03. The normalized spacial score (nSPS) is 30.2. The number of amides is 1. The molecule has 7 nitrogen and oxygen atoms in total. The summed E-state index contributed by atoms with van der Waals surface area (Å²) in [5.41, 5.74) is 0. The van der Waals surface area contributed by atoms with Gasteiger partial charge in [0.15, 0.2) is 0 Å². The highest BCUT2D eigenvalue weighted by Crippen LogP contribution is 2.37. The van der Waals surface area contributed by atoms with Gasteiger partial charge in [0.25, 0.3) is 0 Å². The summed E-state index contributed by atoms with van der Waals surface area (Å²) in [5, 5.41) is 1.56. The fraction of sp³-hybridized carbons (Fsp3) is 0.706. The van der Waals surface area contributed by atoms with Crippen molar-refractivity contribution in [1.82, 2.24) is 15.0 Å². The Labute approximate surface area is 141 Å². The van der Waals surface area contributed by atoms with E-state index in [1.807, 2.05) is 6.07 Å². The van der Waals surface area contributed by atoms with Crippen LogP contribution < -0.4 is 4.90 Å². The zero-order valence-corrected chi connectivity index (χ0v) is 13.8. The van der Waals surface area contributed by atoms with Gasteiger partial charge in [-0.05, 0) is 30.7 Å². The monoisotopic (exact) mass is 332 g/mol. The maximum Gasteiger partial charge on any atom is 0.246 e. The molecule has 0 unspecified atom stereocenters. The summed E-state index contributed by atoms with van der Waals surface area (Å²) >= 11 is 0. The summed E-state index contributed by atoms with van der Waals surface area (Å²) in [6.07, 6.45) is 6.11. The van der Waals surface area contributed by atoms with Crippen molar-refractivity contribution in [3.8, 4) is 0 Å². The minimum absolute atomic E-state index is 0.0957. The van der Waals surface area contributed by atoms with E-state index in [0.717, 1.165) is 38.5 Å². The Bertz CT molecular complexity index is 564. The molecule has 24 heavy (non-hydrogen) atoms. The summed E-state index contributed by atoms with van der Waals surface area (Å²) in [4.78, 5) is 28.9. The summed E-state index contributed by atoms with van der Waals surface area (Å²) in [7, 11) is 0. The number of carbonyl (C=O) groups excluding carboxylic acids is 1. The molecular weight excluding hydrogens is 308 g/mol. The molecule has 0 saturated carbocycles. The SMILES string of the molecule is O=C(C[C@@H]1COC[C@H]2CN(c3ncccn3)C[C@@H]12)N1CCCCO1. The second-order valence-electron chi connectivity index (χ2n) is 6.92. The second-order valence-corrected chi connectivity index (χ2v) is 6.92. The van der Waals surface area contributed by atoms with Crippen molar-refractivity contribution in [2.45, 2.75) is 19.3 Å². The average Bonchev–Trinajstić information content (AvgIpc) is 3.08. The number of aromatic nitrogens is 2. The molecule has 0 spiro atoms. The third-order valence-electron chi connectivity index (χ3n) is 5.31. The average molecular weight is 332 g/mol. The molecule has 3 fully saturated rings. The molecule has 0 aromatic carbocycles. The standard InChI is InChI=1S/C17H24N4O3/c22-16(21-6-1-2-7-24-21)8-13-11-23-12-14-9-20(10-15(13)14)17-18-4-3-5-19-17/h3-5,13-15H,1-2,6-12H2/t13-,14-,15+/m1/s1. The predicted molar refractivity (Wildman–Crippen MR) is 87.1 cm³/mol. The first-order valence-corrected chi connectivity index (χ1v) is 8.84. The third-order valence-corrected chi connectivity index (χ3v) is 5.31. The van der Waals surface area contributed by atoms with Gasteiger partial charge in [0.05, 0.1) is 19.8 Å². The molecule has 3 aliphatic heterocycles. The lowest BCUT2D eigenvalue weighted by Crippen LogP contribution is -2.41. The summed E-state index contributed by atoms with van der Waals surface area (Å²) < 4.78 is 5.79. The van der Waals surface area contributed by atoms with Gasteiger partial charge in [-0.15, -0.1) is 0 Å². The Kier molecular flexibility index (Phi) is 4.62. The van der Waals surface area contributed by atoms with Gasteiger partial charge in [-0.3, -0.25) is 9.63 Å². The molecule has 0 aliphatic carbocycles. The largest absolute Gasteiger partial charge is 0.381 e. The Hall–Kier alpha value is -1.73. The number of hydrogen-bond acceptors (Lipinski definition) is 6. The summed E-state index contributed by atoms with van der Waals surface area (Å²) in [6, 6.07) is 1.83. The molecule has 0 bridgehead atoms. The van der Waals surface area contributed by atoms with E-state index >= 15 is 0 Å². The summed E-state index contributed by atoms with van der Waals surface area (Å²) in [6.45, 7) is 4.59. The number of rotatable bonds is 3. The zero-order valence-electron chi connectivity index (χ0n) is 13.8. The van der Waals surface area contributed by atoms with Crippen LogP contribution in [0.25, 0.3) is 0 Å². The Morgan fingerprint density at radius 1 is 1.21 bits per heavy atom. The maximum atomic E-state index is 12.5. The summed E-state index contributed by atoms with van der Waals surface area (Å²) in [5.74, 6) is 2.02. The van der Waals surface area contributed by atoms with E-state index in [0.29, 0.717) is 38.0 Å². The number of hydrogen-bond donors (Lipinski definition) is 0. The molecule has 3 saturated heterocycles. The fourth-order valence-corrected chi connectivity index (χ4v) is 4.05. The van der Waals surface area contributed by atoms with Crippen molar-refractivity contribution < 1.29 is 14.4 Å². The van der Waals surface area contributed by atoms with Gasteiger partial charge < -0.3 is 9.64 Å². The van der Waals surface area contributed by atoms with E-state index in [9.17, 15) is 4.79 Å². The number of nitrogens with zero attached hydrogens (tertiary/aromatic N) is 4. The fourth-order valence-electron chi connectivity index (χ4n) is 4.05. The van der Waals surface area contributed by atoms with Crippen LogP contribution in [0.1, 0.15) is 19.3 Å². The first-order chi connectivity index (χ1) is 11.8.